The Kier molecular flexibility index (Phi) is 3.20. The number of rotatable bonds is 2. The Labute approximate surface area is 100 Å². The van der Waals surface area contributed by atoms with Gasteiger partial charge in [0.2, 0.25) is 0 Å². The predicted octanol–water partition coefficient (Wildman–Crippen LogP) is 1.35. The molecule has 0 spiro atoms. The fraction of sp³-hybridized carbons (Fsp3) is 0.667. The number of halogens is 1. The molecule has 92 valence electrons. The van der Waals surface area contributed by atoms with Gasteiger partial charge < -0.3 is 24.8 Å². The summed E-state index contributed by atoms with van der Waals surface area (Å²) >= 11 is 6.05. The van der Waals surface area contributed by atoms with Crippen molar-refractivity contribution in [2.75, 3.05) is 11.5 Å². The van der Waals surface area contributed by atoms with Crippen LogP contribution in [0.3, 0.4) is 0 Å². The summed E-state index contributed by atoms with van der Waals surface area (Å²) in [7, 11) is -2.95. The SMILES string of the molecule is Cc1nn(C2CCS([O-])([O-])C2)c(Cl)c1CO. The molecule has 2 heterocycles. The Morgan fingerprint density at radius 2 is 2.31 bits per heavy atom. The molecule has 1 fully saturated rings. The molecule has 1 aromatic rings. The minimum Gasteiger partial charge on any atom is -0.800 e. The average Bonchev–Trinajstić information content (AvgIpc) is 2.68. The molecular weight excluding hydrogens is 252 g/mol. The molecule has 5 nitrogen and oxygen atoms in total. The van der Waals surface area contributed by atoms with E-state index in [-0.39, 0.29) is 24.2 Å². The molecule has 1 aliphatic heterocycles. The van der Waals surface area contributed by atoms with Crippen LogP contribution in [0.2, 0.25) is 5.15 Å². The van der Waals surface area contributed by atoms with E-state index >= 15 is 0 Å². The molecule has 1 unspecified atom stereocenters. The molecular formula is C9H13ClN2O3S-2. The molecule has 0 bridgehead atoms. The zero-order chi connectivity index (χ0) is 11.9. The summed E-state index contributed by atoms with van der Waals surface area (Å²) in [6.45, 7) is 1.57. The molecule has 1 aromatic heterocycles. The first kappa shape index (κ1) is 12.2. The van der Waals surface area contributed by atoms with Crippen molar-refractivity contribution in [2.45, 2.75) is 26.0 Å². The Bertz CT molecular complexity index is 408. The van der Waals surface area contributed by atoms with E-state index in [1.165, 1.54) is 4.68 Å². The Hall–Kier alpha value is -0.270. The number of aliphatic hydroxyl groups excluding tert-OH is 1. The monoisotopic (exact) mass is 264 g/mol. The van der Waals surface area contributed by atoms with Gasteiger partial charge in [-0.3, -0.25) is 0 Å². The molecule has 1 atom stereocenters. The van der Waals surface area contributed by atoms with Crippen LogP contribution in [0.15, 0.2) is 0 Å². The van der Waals surface area contributed by atoms with E-state index < -0.39 is 10.6 Å². The Morgan fingerprint density at radius 3 is 2.75 bits per heavy atom. The number of aromatic nitrogens is 2. The molecule has 0 amide bonds. The van der Waals surface area contributed by atoms with Gasteiger partial charge >= 0.3 is 0 Å². The van der Waals surface area contributed by atoms with Crippen LogP contribution in [-0.4, -0.2) is 35.5 Å². The van der Waals surface area contributed by atoms with E-state index in [0.29, 0.717) is 22.8 Å². The normalized spacial score (nSPS) is 25.9. The van der Waals surface area contributed by atoms with E-state index in [1.807, 2.05) is 0 Å². The molecule has 0 aromatic carbocycles. The maximum atomic E-state index is 11.4. The molecule has 0 saturated carbocycles. The third-order valence-electron chi connectivity index (χ3n) is 2.86. The molecule has 0 radical (unpaired) electrons. The Balaban J connectivity index is 2.29. The highest BCUT2D eigenvalue weighted by Gasteiger charge is 2.24. The lowest BCUT2D eigenvalue weighted by Gasteiger charge is -2.56. The largest absolute Gasteiger partial charge is 0.800 e. The minimum absolute atomic E-state index is 0.0821. The number of hydrogen-bond acceptors (Lipinski definition) is 4. The zero-order valence-electron chi connectivity index (χ0n) is 8.85. The summed E-state index contributed by atoms with van der Waals surface area (Å²) in [6, 6.07) is -0.198. The molecule has 2 rings (SSSR count). The van der Waals surface area contributed by atoms with Crippen LogP contribution in [0.25, 0.3) is 0 Å². The molecule has 7 heteroatoms. The van der Waals surface area contributed by atoms with Gasteiger partial charge in [-0.1, -0.05) is 11.6 Å². The highest BCUT2D eigenvalue weighted by molar-refractivity contribution is 8.24. The van der Waals surface area contributed by atoms with E-state index in [2.05, 4.69) is 5.10 Å². The first-order valence-electron chi connectivity index (χ1n) is 4.99. The Morgan fingerprint density at radius 1 is 1.62 bits per heavy atom. The number of aryl methyl sites for hydroxylation is 1. The second-order valence-corrected chi connectivity index (χ2v) is 6.60. The summed E-state index contributed by atoms with van der Waals surface area (Å²) in [5.74, 6) is 0.264. The van der Waals surface area contributed by atoms with E-state index in [1.54, 1.807) is 6.92 Å². The standard InChI is InChI=1S/C9H15ClN2O3S/c1-6-8(4-13)9(10)12(11-6)7-2-3-16(14,15)5-7/h7,13-15H,2-5H2,1H3/p-2. The van der Waals surface area contributed by atoms with Gasteiger partial charge in [-0.25, -0.2) is 4.68 Å². The van der Waals surface area contributed by atoms with Crippen LogP contribution < -0.4 is 0 Å². The summed E-state index contributed by atoms with van der Waals surface area (Å²) in [4.78, 5) is 0. The molecule has 1 aliphatic rings. The average molecular weight is 265 g/mol. The minimum atomic E-state index is -2.95. The zero-order valence-corrected chi connectivity index (χ0v) is 10.4. The van der Waals surface area contributed by atoms with Crippen molar-refractivity contribution in [3.8, 4) is 0 Å². The van der Waals surface area contributed by atoms with Crippen LogP contribution in [0.4, 0.5) is 0 Å². The van der Waals surface area contributed by atoms with Crippen LogP contribution in [-0.2, 0) is 6.61 Å². The maximum absolute atomic E-state index is 11.4. The van der Waals surface area contributed by atoms with Gasteiger partial charge in [0.15, 0.2) is 0 Å². The van der Waals surface area contributed by atoms with E-state index in [0.717, 1.165) is 0 Å². The van der Waals surface area contributed by atoms with Crippen LogP contribution >= 0.6 is 22.2 Å². The number of nitrogens with zero attached hydrogens (tertiary/aromatic N) is 2. The molecule has 1 saturated heterocycles. The van der Waals surface area contributed by atoms with Gasteiger partial charge in [0.25, 0.3) is 0 Å². The summed E-state index contributed by atoms with van der Waals surface area (Å²) in [6.07, 6.45) is 0.536. The van der Waals surface area contributed by atoms with Gasteiger partial charge in [0, 0.05) is 5.56 Å². The van der Waals surface area contributed by atoms with Gasteiger partial charge in [-0.2, -0.15) is 5.10 Å². The fourth-order valence-electron chi connectivity index (χ4n) is 1.94. The van der Waals surface area contributed by atoms with Gasteiger partial charge in [-0.15, -0.1) is 0 Å². The van der Waals surface area contributed by atoms with E-state index in [4.69, 9.17) is 16.7 Å². The lowest BCUT2D eigenvalue weighted by atomic mass is 10.2. The van der Waals surface area contributed by atoms with Gasteiger partial charge in [0.1, 0.15) is 5.15 Å². The van der Waals surface area contributed by atoms with Crippen LogP contribution in [0.5, 0.6) is 0 Å². The van der Waals surface area contributed by atoms with Gasteiger partial charge in [0.05, 0.1) is 18.3 Å². The van der Waals surface area contributed by atoms with Crippen molar-refractivity contribution in [3.05, 3.63) is 16.4 Å². The number of sulfone groups is 1. The van der Waals surface area contributed by atoms with Crippen LogP contribution in [0.1, 0.15) is 23.7 Å². The van der Waals surface area contributed by atoms with Crippen molar-refractivity contribution >= 4 is 22.2 Å². The maximum Gasteiger partial charge on any atom is 0.133 e. The fourth-order valence-corrected chi connectivity index (χ4v) is 4.01. The van der Waals surface area contributed by atoms with Crippen molar-refractivity contribution in [2.24, 2.45) is 0 Å². The molecule has 16 heavy (non-hydrogen) atoms. The highest BCUT2D eigenvalue weighted by atomic mass is 35.5. The number of hydrogen-bond donors (Lipinski definition) is 1. The first-order valence-corrected chi connectivity index (χ1v) is 7.19. The summed E-state index contributed by atoms with van der Waals surface area (Å²) in [5, 5.41) is 13.6. The van der Waals surface area contributed by atoms with E-state index in [9.17, 15) is 9.11 Å². The lowest BCUT2D eigenvalue weighted by molar-refractivity contribution is 0.281. The third-order valence-corrected chi connectivity index (χ3v) is 5.01. The molecule has 0 aliphatic carbocycles. The quantitative estimate of drug-likeness (QED) is 0.874. The number of aliphatic hydroxyl groups is 1. The molecule has 1 N–H and O–H groups in total. The van der Waals surface area contributed by atoms with Crippen LogP contribution in [0, 0.1) is 6.92 Å². The first-order chi connectivity index (χ1) is 7.44. The third kappa shape index (κ3) is 2.08. The van der Waals surface area contributed by atoms with Crippen molar-refractivity contribution in [3.63, 3.8) is 0 Å². The van der Waals surface area contributed by atoms with Crippen molar-refractivity contribution < 1.29 is 14.2 Å². The predicted molar refractivity (Wildman–Crippen MR) is 60.4 cm³/mol. The summed E-state index contributed by atoms with van der Waals surface area (Å²) < 4.78 is 24.2. The van der Waals surface area contributed by atoms with Crippen molar-refractivity contribution in [1.82, 2.24) is 9.78 Å². The summed E-state index contributed by atoms with van der Waals surface area (Å²) in [5.41, 5.74) is 1.22. The second kappa shape index (κ2) is 4.19. The van der Waals surface area contributed by atoms with Crippen molar-refractivity contribution in [1.29, 1.82) is 0 Å². The second-order valence-electron chi connectivity index (χ2n) is 4.01. The highest BCUT2D eigenvalue weighted by Crippen LogP contribution is 2.50. The topological polar surface area (TPSA) is 84.2 Å². The lowest BCUT2D eigenvalue weighted by Crippen LogP contribution is -2.12. The smallest absolute Gasteiger partial charge is 0.133 e. The van der Waals surface area contributed by atoms with Gasteiger partial charge in [-0.05, 0) is 24.9 Å².